The summed E-state index contributed by atoms with van der Waals surface area (Å²) in [6.07, 6.45) is 6.95. The summed E-state index contributed by atoms with van der Waals surface area (Å²) in [7, 11) is 3.95. The van der Waals surface area contributed by atoms with Gasteiger partial charge in [0.25, 0.3) is 0 Å². The van der Waals surface area contributed by atoms with E-state index in [0.29, 0.717) is 18.1 Å². The lowest BCUT2D eigenvalue weighted by molar-refractivity contribution is -0.152. The van der Waals surface area contributed by atoms with E-state index in [2.05, 4.69) is 24.1 Å². The van der Waals surface area contributed by atoms with Crippen LogP contribution in [0.5, 0.6) is 0 Å². The molecular weight excluding hydrogens is 356 g/mol. The topological polar surface area (TPSA) is 32.8 Å². The molecule has 1 fully saturated rings. The lowest BCUT2D eigenvalue weighted by Gasteiger charge is -2.46. The van der Waals surface area contributed by atoms with Gasteiger partial charge in [0.05, 0.1) is 5.69 Å². The Morgan fingerprint density at radius 2 is 1.89 bits per heavy atom. The highest BCUT2D eigenvalue weighted by molar-refractivity contribution is 7.80. The fourth-order valence-electron chi connectivity index (χ4n) is 3.77. The molecule has 1 aromatic rings. The first kappa shape index (κ1) is 21.8. The minimum absolute atomic E-state index is 0.299. The zero-order chi connectivity index (χ0) is 20.0. The van der Waals surface area contributed by atoms with Crippen molar-refractivity contribution in [1.29, 1.82) is 0 Å². The first-order valence-corrected chi connectivity index (χ1v) is 10.4. The third-order valence-corrected chi connectivity index (χ3v) is 6.29. The van der Waals surface area contributed by atoms with Crippen molar-refractivity contribution in [3.63, 3.8) is 0 Å². The van der Waals surface area contributed by atoms with Crippen LogP contribution < -0.4 is 4.90 Å². The van der Waals surface area contributed by atoms with Crippen molar-refractivity contribution in [2.24, 2.45) is 5.92 Å². The summed E-state index contributed by atoms with van der Waals surface area (Å²) in [5, 5.41) is 0. The van der Waals surface area contributed by atoms with E-state index in [-0.39, 0.29) is 5.97 Å². The molecule has 1 atom stereocenters. The number of allylic oxidation sites excluding steroid dienone is 1. The van der Waals surface area contributed by atoms with Gasteiger partial charge >= 0.3 is 5.97 Å². The standard InChI is InChI=1S/C22H34N2O2S/c1-6-17(2)26-21(25)22(3,23(4)16-18-12-8-7-9-13-18)24(5)19-14-10-11-15-20(19)27/h10-11,14-15,18,27H,2,6-9,12-13,16H2,1,3-5H3. The van der Waals surface area contributed by atoms with Crippen molar-refractivity contribution >= 4 is 24.3 Å². The molecule has 150 valence electrons. The van der Waals surface area contributed by atoms with E-state index in [1.165, 1.54) is 32.1 Å². The van der Waals surface area contributed by atoms with Gasteiger partial charge in [0.2, 0.25) is 0 Å². The molecular formula is C22H34N2O2S. The Morgan fingerprint density at radius 3 is 2.48 bits per heavy atom. The maximum atomic E-state index is 13.3. The largest absolute Gasteiger partial charge is 0.429 e. The molecule has 0 saturated heterocycles. The molecule has 0 heterocycles. The number of nitrogens with zero attached hydrogens (tertiary/aromatic N) is 2. The van der Waals surface area contributed by atoms with Gasteiger partial charge < -0.3 is 9.64 Å². The zero-order valence-corrected chi connectivity index (χ0v) is 18.1. The van der Waals surface area contributed by atoms with E-state index in [0.717, 1.165) is 17.1 Å². The van der Waals surface area contributed by atoms with Crippen LogP contribution in [0.2, 0.25) is 0 Å². The molecule has 27 heavy (non-hydrogen) atoms. The molecule has 2 rings (SSSR count). The molecule has 0 aromatic heterocycles. The maximum Gasteiger partial charge on any atom is 0.352 e. The minimum atomic E-state index is -0.950. The predicted octanol–water partition coefficient (Wildman–Crippen LogP) is 5.11. The molecule has 1 unspecified atom stereocenters. The third-order valence-electron chi connectivity index (χ3n) is 5.91. The number of benzene rings is 1. The van der Waals surface area contributed by atoms with E-state index in [9.17, 15) is 4.79 Å². The number of carbonyl (C=O) groups excluding carboxylic acids is 1. The molecule has 0 aliphatic heterocycles. The zero-order valence-electron chi connectivity index (χ0n) is 17.2. The molecule has 1 aliphatic rings. The second-order valence-corrected chi connectivity index (χ2v) is 8.22. The average Bonchev–Trinajstić information content (AvgIpc) is 2.67. The summed E-state index contributed by atoms with van der Waals surface area (Å²) in [6.45, 7) is 8.59. The Hall–Kier alpha value is -1.46. The van der Waals surface area contributed by atoms with Crippen molar-refractivity contribution in [2.45, 2.75) is 62.9 Å². The fraction of sp³-hybridized carbons (Fsp3) is 0.591. The molecule has 5 heteroatoms. The van der Waals surface area contributed by atoms with Gasteiger partial charge in [-0.1, -0.05) is 44.9 Å². The lowest BCUT2D eigenvalue weighted by atomic mass is 9.88. The number of ether oxygens (including phenoxy) is 1. The van der Waals surface area contributed by atoms with Crippen LogP contribution >= 0.6 is 12.6 Å². The van der Waals surface area contributed by atoms with E-state index in [1.807, 2.05) is 57.1 Å². The van der Waals surface area contributed by atoms with Gasteiger partial charge in [0, 0.05) is 24.9 Å². The summed E-state index contributed by atoms with van der Waals surface area (Å²) in [5.74, 6) is 0.807. The number of hydrogen-bond donors (Lipinski definition) is 1. The van der Waals surface area contributed by atoms with Crippen LogP contribution in [0, 0.1) is 5.92 Å². The molecule has 0 N–H and O–H groups in total. The lowest BCUT2D eigenvalue weighted by Crippen LogP contribution is -2.63. The Kier molecular flexibility index (Phi) is 7.80. The van der Waals surface area contributed by atoms with E-state index >= 15 is 0 Å². The van der Waals surface area contributed by atoms with Gasteiger partial charge in [0.15, 0.2) is 5.66 Å². The molecule has 1 aliphatic carbocycles. The van der Waals surface area contributed by atoms with Gasteiger partial charge in [-0.2, -0.15) is 0 Å². The van der Waals surface area contributed by atoms with Crippen molar-refractivity contribution in [2.75, 3.05) is 25.5 Å². The van der Waals surface area contributed by atoms with Crippen LogP contribution in [-0.2, 0) is 9.53 Å². The van der Waals surface area contributed by atoms with Crippen LogP contribution in [-0.4, -0.2) is 37.2 Å². The van der Waals surface area contributed by atoms with Crippen molar-refractivity contribution in [1.82, 2.24) is 4.90 Å². The summed E-state index contributed by atoms with van der Waals surface area (Å²) >= 11 is 4.60. The van der Waals surface area contributed by atoms with Gasteiger partial charge in [-0.05, 0) is 44.9 Å². The Bertz CT molecular complexity index is 657. The first-order valence-electron chi connectivity index (χ1n) is 9.93. The van der Waals surface area contributed by atoms with Crippen molar-refractivity contribution in [3.05, 3.63) is 36.6 Å². The Labute approximate surface area is 170 Å². The van der Waals surface area contributed by atoms with E-state index in [4.69, 9.17) is 4.74 Å². The smallest absolute Gasteiger partial charge is 0.352 e. The number of anilines is 1. The predicted molar refractivity (Wildman–Crippen MR) is 115 cm³/mol. The summed E-state index contributed by atoms with van der Waals surface area (Å²) in [4.78, 5) is 18.2. The number of esters is 1. The molecule has 0 spiro atoms. The van der Waals surface area contributed by atoms with Crippen LogP contribution in [0.1, 0.15) is 52.4 Å². The number of likely N-dealkylation sites (N-methyl/N-ethyl adjacent to an activating group) is 2. The monoisotopic (exact) mass is 390 g/mol. The van der Waals surface area contributed by atoms with Crippen LogP contribution in [0.4, 0.5) is 5.69 Å². The van der Waals surface area contributed by atoms with E-state index < -0.39 is 5.66 Å². The highest BCUT2D eigenvalue weighted by Crippen LogP contribution is 2.33. The quantitative estimate of drug-likeness (QED) is 0.289. The van der Waals surface area contributed by atoms with Crippen molar-refractivity contribution in [3.8, 4) is 0 Å². The second-order valence-electron chi connectivity index (χ2n) is 7.73. The van der Waals surface area contributed by atoms with Crippen LogP contribution in [0.25, 0.3) is 0 Å². The maximum absolute atomic E-state index is 13.3. The first-order chi connectivity index (χ1) is 12.8. The number of carbonyl (C=O) groups is 1. The highest BCUT2D eigenvalue weighted by atomic mass is 32.1. The average molecular weight is 391 g/mol. The van der Waals surface area contributed by atoms with E-state index in [1.54, 1.807) is 0 Å². The summed E-state index contributed by atoms with van der Waals surface area (Å²) in [6, 6.07) is 7.83. The molecule has 1 saturated carbocycles. The Balaban J connectivity index is 2.32. The van der Waals surface area contributed by atoms with Gasteiger partial charge in [-0.15, -0.1) is 12.6 Å². The van der Waals surface area contributed by atoms with Crippen LogP contribution in [0.15, 0.2) is 41.5 Å². The minimum Gasteiger partial charge on any atom is -0.429 e. The van der Waals surface area contributed by atoms with Gasteiger partial charge in [-0.3, -0.25) is 4.90 Å². The second kappa shape index (κ2) is 9.65. The number of rotatable bonds is 8. The van der Waals surface area contributed by atoms with Crippen molar-refractivity contribution < 1.29 is 9.53 Å². The SMILES string of the molecule is C=C(CC)OC(=O)C(C)(N(C)CC1CCCCC1)N(C)c1ccccc1S. The van der Waals surface area contributed by atoms with Crippen LogP contribution in [0.3, 0.4) is 0 Å². The summed E-state index contributed by atoms with van der Waals surface area (Å²) in [5.41, 5.74) is -0.0492. The van der Waals surface area contributed by atoms with Gasteiger partial charge in [-0.25, -0.2) is 4.79 Å². The summed E-state index contributed by atoms with van der Waals surface area (Å²) < 4.78 is 5.62. The third kappa shape index (κ3) is 5.08. The fourth-order valence-corrected chi connectivity index (χ4v) is 4.08. The molecule has 1 aromatic carbocycles. The highest BCUT2D eigenvalue weighted by Gasteiger charge is 2.45. The molecule has 0 bridgehead atoms. The van der Waals surface area contributed by atoms with Gasteiger partial charge in [0.1, 0.15) is 5.76 Å². The number of thiol groups is 1. The number of hydrogen-bond acceptors (Lipinski definition) is 5. The molecule has 0 radical (unpaired) electrons. The molecule has 0 amide bonds. The number of para-hydroxylation sites is 1. The molecule has 4 nitrogen and oxygen atoms in total. The normalized spacial score (nSPS) is 17.4. The Morgan fingerprint density at radius 1 is 1.26 bits per heavy atom.